The van der Waals surface area contributed by atoms with Crippen LogP contribution in [-0.4, -0.2) is 9.97 Å². The molecule has 0 aliphatic heterocycles. The highest BCUT2D eigenvalue weighted by Gasteiger charge is 2.18. The van der Waals surface area contributed by atoms with Crippen molar-refractivity contribution in [2.45, 2.75) is 0 Å². The number of thiophene rings is 1. The highest BCUT2D eigenvalue weighted by Crippen LogP contribution is 2.45. The van der Waals surface area contributed by atoms with Gasteiger partial charge in [-0.3, -0.25) is 0 Å². The second-order valence-electron chi connectivity index (χ2n) is 10.6. The number of nitrogens with zero attached hydrogens (tertiary/aromatic N) is 2. The number of hydrogen-bond acceptors (Lipinski definition) is 3. The molecule has 0 unspecified atom stereocenters. The standard InChI is InChI=1S/C40H26N2S/c1-4-12-27(13-5-1)28-20-22-29(23-21-28)32-24-25-33(39-38(32)34-18-10-11-19-37(34)43-39)36-26-35(30-14-6-2-7-15-30)41-40(42-36)31-16-8-3-9-17-31/h1-26H. The van der Waals surface area contributed by atoms with Crippen LogP contribution < -0.4 is 0 Å². The van der Waals surface area contributed by atoms with Crippen molar-refractivity contribution < 1.29 is 0 Å². The van der Waals surface area contributed by atoms with E-state index in [1.54, 1.807) is 0 Å². The van der Waals surface area contributed by atoms with E-state index in [0.29, 0.717) is 0 Å². The van der Waals surface area contributed by atoms with E-state index in [0.717, 1.165) is 33.9 Å². The van der Waals surface area contributed by atoms with Crippen molar-refractivity contribution in [2.24, 2.45) is 0 Å². The summed E-state index contributed by atoms with van der Waals surface area (Å²) >= 11 is 1.83. The minimum Gasteiger partial charge on any atom is -0.228 e. The van der Waals surface area contributed by atoms with Crippen molar-refractivity contribution in [3.8, 4) is 56.2 Å². The largest absolute Gasteiger partial charge is 0.228 e. The zero-order chi connectivity index (χ0) is 28.6. The molecule has 43 heavy (non-hydrogen) atoms. The Hall–Kier alpha value is -5.38. The Kier molecular flexibility index (Phi) is 6.36. The Morgan fingerprint density at radius 2 is 0.930 bits per heavy atom. The second-order valence-corrected chi connectivity index (χ2v) is 11.7. The van der Waals surface area contributed by atoms with Crippen LogP contribution in [-0.2, 0) is 0 Å². The molecule has 0 bridgehead atoms. The van der Waals surface area contributed by atoms with E-state index in [1.165, 1.54) is 42.4 Å². The normalized spacial score (nSPS) is 11.3. The van der Waals surface area contributed by atoms with Gasteiger partial charge >= 0.3 is 0 Å². The second kappa shape index (κ2) is 10.8. The fraction of sp³-hybridized carbons (Fsp3) is 0. The lowest BCUT2D eigenvalue weighted by Gasteiger charge is -2.12. The lowest BCUT2D eigenvalue weighted by Crippen LogP contribution is -1.96. The number of benzene rings is 6. The summed E-state index contributed by atoms with van der Waals surface area (Å²) in [6.07, 6.45) is 0. The third kappa shape index (κ3) is 4.70. The van der Waals surface area contributed by atoms with E-state index in [9.17, 15) is 0 Å². The number of hydrogen-bond donors (Lipinski definition) is 0. The first-order valence-electron chi connectivity index (χ1n) is 14.4. The smallest absolute Gasteiger partial charge is 0.160 e. The summed E-state index contributed by atoms with van der Waals surface area (Å²) in [6.45, 7) is 0. The first-order chi connectivity index (χ1) is 21.3. The monoisotopic (exact) mass is 566 g/mol. The van der Waals surface area contributed by atoms with Crippen molar-refractivity contribution in [3.63, 3.8) is 0 Å². The van der Waals surface area contributed by atoms with Crippen LogP contribution >= 0.6 is 11.3 Å². The van der Waals surface area contributed by atoms with E-state index < -0.39 is 0 Å². The van der Waals surface area contributed by atoms with Crippen LogP contribution in [0.5, 0.6) is 0 Å². The van der Waals surface area contributed by atoms with Gasteiger partial charge in [0.05, 0.1) is 11.4 Å². The van der Waals surface area contributed by atoms with Crippen LogP contribution in [0.2, 0.25) is 0 Å². The molecule has 0 saturated carbocycles. The average molecular weight is 567 g/mol. The molecule has 0 N–H and O–H groups in total. The topological polar surface area (TPSA) is 25.8 Å². The van der Waals surface area contributed by atoms with Crippen LogP contribution in [0.1, 0.15) is 0 Å². The molecule has 0 saturated heterocycles. The fourth-order valence-corrected chi connectivity index (χ4v) is 7.05. The highest BCUT2D eigenvalue weighted by molar-refractivity contribution is 7.26. The molecular formula is C40H26N2S. The van der Waals surface area contributed by atoms with Gasteiger partial charge < -0.3 is 0 Å². The molecule has 8 rings (SSSR count). The summed E-state index contributed by atoms with van der Waals surface area (Å²) in [5.74, 6) is 0.729. The summed E-state index contributed by atoms with van der Waals surface area (Å²) in [5.41, 5.74) is 9.93. The molecule has 0 atom stereocenters. The highest BCUT2D eigenvalue weighted by atomic mass is 32.1. The van der Waals surface area contributed by atoms with Crippen molar-refractivity contribution >= 4 is 31.5 Å². The first-order valence-corrected chi connectivity index (χ1v) is 15.2. The Morgan fingerprint density at radius 1 is 0.395 bits per heavy atom. The molecule has 0 aliphatic rings. The zero-order valence-electron chi connectivity index (χ0n) is 23.3. The number of fused-ring (bicyclic) bond motifs is 3. The molecule has 0 aliphatic carbocycles. The molecule has 202 valence electrons. The van der Waals surface area contributed by atoms with E-state index in [-0.39, 0.29) is 0 Å². The predicted octanol–water partition coefficient (Wildman–Crippen LogP) is 11.2. The summed E-state index contributed by atoms with van der Waals surface area (Å²) < 4.78 is 2.51. The molecule has 2 nitrogen and oxygen atoms in total. The van der Waals surface area contributed by atoms with Gasteiger partial charge in [0.25, 0.3) is 0 Å². The van der Waals surface area contributed by atoms with E-state index in [2.05, 4.69) is 133 Å². The van der Waals surface area contributed by atoms with Crippen LogP contribution in [0, 0.1) is 0 Å². The van der Waals surface area contributed by atoms with Crippen molar-refractivity contribution in [2.75, 3.05) is 0 Å². The van der Waals surface area contributed by atoms with Gasteiger partial charge in [-0.1, -0.05) is 146 Å². The Bertz CT molecular complexity index is 2140. The molecule has 8 aromatic rings. The third-order valence-corrected chi connectivity index (χ3v) is 9.14. The van der Waals surface area contributed by atoms with E-state index in [1.807, 2.05) is 35.6 Å². The Morgan fingerprint density at radius 3 is 1.65 bits per heavy atom. The lowest BCUT2D eigenvalue weighted by molar-refractivity contribution is 1.19. The third-order valence-electron chi connectivity index (χ3n) is 7.93. The maximum absolute atomic E-state index is 5.16. The van der Waals surface area contributed by atoms with Gasteiger partial charge in [-0.2, -0.15) is 0 Å². The summed E-state index contributed by atoms with van der Waals surface area (Å²) in [6, 6.07) is 55.5. The fourth-order valence-electron chi connectivity index (χ4n) is 5.80. The van der Waals surface area contributed by atoms with Crippen LogP contribution in [0.4, 0.5) is 0 Å². The van der Waals surface area contributed by atoms with Gasteiger partial charge in [-0.05, 0) is 34.4 Å². The SMILES string of the molecule is c1ccc(-c2ccc(-c3ccc(-c4cc(-c5ccccc5)nc(-c5ccccc5)n4)c4sc5ccccc5c34)cc2)cc1. The molecule has 2 heterocycles. The van der Waals surface area contributed by atoms with Gasteiger partial charge in [0.1, 0.15) is 0 Å². The van der Waals surface area contributed by atoms with Gasteiger partial charge in [0.2, 0.25) is 0 Å². The number of aromatic nitrogens is 2. The van der Waals surface area contributed by atoms with Crippen molar-refractivity contribution in [3.05, 3.63) is 158 Å². The van der Waals surface area contributed by atoms with Gasteiger partial charge in [-0.25, -0.2) is 9.97 Å². The molecule has 0 spiro atoms. The van der Waals surface area contributed by atoms with Crippen LogP contribution in [0.15, 0.2) is 158 Å². The Balaban J connectivity index is 1.34. The number of rotatable bonds is 5. The molecule has 3 heteroatoms. The molecule has 6 aromatic carbocycles. The quantitative estimate of drug-likeness (QED) is 0.207. The van der Waals surface area contributed by atoms with Gasteiger partial charge in [0, 0.05) is 36.9 Å². The summed E-state index contributed by atoms with van der Waals surface area (Å²) in [7, 11) is 0. The summed E-state index contributed by atoms with van der Waals surface area (Å²) in [4.78, 5) is 10.2. The molecule has 0 fully saturated rings. The van der Waals surface area contributed by atoms with Crippen molar-refractivity contribution in [1.29, 1.82) is 0 Å². The average Bonchev–Trinajstić information content (AvgIpc) is 3.49. The van der Waals surface area contributed by atoms with Crippen LogP contribution in [0.25, 0.3) is 76.3 Å². The maximum atomic E-state index is 5.16. The van der Waals surface area contributed by atoms with E-state index >= 15 is 0 Å². The first kappa shape index (κ1) is 25.3. The van der Waals surface area contributed by atoms with Gasteiger partial charge in [0.15, 0.2) is 5.82 Å². The predicted molar refractivity (Wildman–Crippen MR) is 182 cm³/mol. The molecule has 0 amide bonds. The minimum absolute atomic E-state index is 0.729. The van der Waals surface area contributed by atoms with Crippen molar-refractivity contribution in [1.82, 2.24) is 9.97 Å². The summed E-state index contributed by atoms with van der Waals surface area (Å²) in [5, 5.41) is 2.54. The van der Waals surface area contributed by atoms with E-state index in [4.69, 9.17) is 9.97 Å². The van der Waals surface area contributed by atoms with Gasteiger partial charge in [-0.15, -0.1) is 11.3 Å². The molecule has 0 radical (unpaired) electrons. The lowest BCUT2D eigenvalue weighted by atomic mass is 9.94. The Labute approximate surface area is 254 Å². The minimum atomic E-state index is 0.729. The van der Waals surface area contributed by atoms with Crippen LogP contribution in [0.3, 0.4) is 0 Å². The zero-order valence-corrected chi connectivity index (χ0v) is 24.1. The molecular weight excluding hydrogens is 541 g/mol. The molecule has 2 aromatic heterocycles. The maximum Gasteiger partial charge on any atom is 0.160 e.